The fraction of sp³-hybridized carbons (Fsp3) is 0.235. The van der Waals surface area contributed by atoms with Crippen molar-refractivity contribution in [1.29, 1.82) is 0 Å². The number of rotatable bonds is 7. The Morgan fingerprint density at radius 2 is 1.88 bits per heavy atom. The van der Waals surface area contributed by atoms with Crippen molar-refractivity contribution in [2.75, 3.05) is 26.0 Å². The van der Waals surface area contributed by atoms with Crippen molar-refractivity contribution in [2.24, 2.45) is 0 Å². The maximum Gasteiger partial charge on any atom is 0.242 e. The molecule has 0 aliphatic heterocycles. The average Bonchev–Trinajstić information content (AvgIpc) is 2.61. The SMILES string of the molecule is CN(C)S(=O)(=O)c1ccccc1CNC(=O)CNc1ccc(F)c(Cl)c1. The summed E-state index contributed by atoms with van der Waals surface area (Å²) in [4.78, 5) is 12.1. The van der Waals surface area contributed by atoms with Crippen molar-refractivity contribution in [1.82, 2.24) is 9.62 Å². The number of hydrogen-bond acceptors (Lipinski definition) is 4. The van der Waals surface area contributed by atoms with Crippen LogP contribution in [0.15, 0.2) is 47.4 Å². The highest BCUT2D eigenvalue weighted by atomic mass is 35.5. The lowest BCUT2D eigenvalue weighted by molar-refractivity contribution is -0.119. The van der Waals surface area contributed by atoms with Crippen molar-refractivity contribution in [2.45, 2.75) is 11.4 Å². The minimum absolute atomic E-state index is 0.0433. The van der Waals surface area contributed by atoms with E-state index in [9.17, 15) is 17.6 Å². The standard InChI is InChI=1S/C17H19ClFN3O3S/c1-22(2)26(24,25)16-6-4-3-5-12(16)10-21-17(23)11-20-13-7-8-15(19)14(18)9-13/h3-9,20H,10-11H2,1-2H3,(H,21,23). The number of nitrogens with zero attached hydrogens (tertiary/aromatic N) is 1. The number of carbonyl (C=O) groups is 1. The van der Waals surface area contributed by atoms with Crippen LogP contribution < -0.4 is 10.6 Å². The molecule has 0 fully saturated rings. The molecule has 0 bridgehead atoms. The van der Waals surface area contributed by atoms with Crippen molar-refractivity contribution < 1.29 is 17.6 Å². The van der Waals surface area contributed by atoms with E-state index >= 15 is 0 Å². The van der Waals surface area contributed by atoms with E-state index in [-0.39, 0.29) is 28.9 Å². The van der Waals surface area contributed by atoms with E-state index in [1.54, 1.807) is 18.2 Å². The van der Waals surface area contributed by atoms with Crippen LogP contribution >= 0.6 is 11.6 Å². The molecule has 0 radical (unpaired) electrons. The van der Waals surface area contributed by atoms with Gasteiger partial charge in [-0.15, -0.1) is 0 Å². The number of benzene rings is 2. The topological polar surface area (TPSA) is 78.5 Å². The molecule has 0 aliphatic carbocycles. The summed E-state index contributed by atoms with van der Waals surface area (Å²) in [6.45, 7) is -0.00150. The maximum atomic E-state index is 13.1. The Morgan fingerprint density at radius 3 is 2.54 bits per heavy atom. The highest BCUT2D eigenvalue weighted by Crippen LogP contribution is 2.19. The van der Waals surface area contributed by atoms with Gasteiger partial charge in [0.1, 0.15) is 5.82 Å². The maximum absolute atomic E-state index is 13.1. The third-order valence-corrected chi connectivity index (χ3v) is 5.79. The zero-order valence-corrected chi connectivity index (χ0v) is 15.9. The van der Waals surface area contributed by atoms with Gasteiger partial charge in [-0.05, 0) is 29.8 Å². The lowest BCUT2D eigenvalue weighted by Gasteiger charge is -2.15. The molecule has 0 unspecified atom stereocenters. The summed E-state index contributed by atoms with van der Waals surface area (Å²) in [5.41, 5.74) is 0.988. The molecule has 1 amide bonds. The summed E-state index contributed by atoms with van der Waals surface area (Å²) in [5, 5.41) is 5.43. The Hall–Kier alpha value is -2.16. The molecule has 2 N–H and O–H groups in total. The van der Waals surface area contributed by atoms with Gasteiger partial charge in [-0.2, -0.15) is 0 Å². The van der Waals surface area contributed by atoms with Gasteiger partial charge in [0.15, 0.2) is 0 Å². The highest BCUT2D eigenvalue weighted by molar-refractivity contribution is 7.89. The van der Waals surface area contributed by atoms with E-state index in [2.05, 4.69) is 10.6 Å². The molecule has 2 aromatic rings. The molecule has 9 heteroatoms. The van der Waals surface area contributed by atoms with Crippen LogP contribution in [0, 0.1) is 5.82 Å². The third-order valence-electron chi connectivity index (χ3n) is 3.58. The van der Waals surface area contributed by atoms with E-state index < -0.39 is 15.8 Å². The predicted octanol–water partition coefficient (Wildman–Crippen LogP) is 2.46. The summed E-state index contributed by atoms with van der Waals surface area (Å²) in [7, 11) is -0.710. The molecule has 6 nitrogen and oxygen atoms in total. The first kappa shape index (κ1) is 20.2. The zero-order valence-electron chi connectivity index (χ0n) is 14.3. The molecule has 0 spiro atoms. The quantitative estimate of drug-likeness (QED) is 0.749. The van der Waals surface area contributed by atoms with Gasteiger partial charge in [-0.25, -0.2) is 17.1 Å². The largest absolute Gasteiger partial charge is 0.376 e. The van der Waals surface area contributed by atoms with E-state index in [1.165, 1.54) is 38.4 Å². The molecule has 0 heterocycles. The van der Waals surface area contributed by atoms with Crippen LogP contribution in [0.4, 0.5) is 10.1 Å². The van der Waals surface area contributed by atoms with Crippen LogP contribution in [-0.4, -0.2) is 39.3 Å². The Morgan fingerprint density at radius 1 is 1.19 bits per heavy atom. The van der Waals surface area contributed by atoms with E-state index in [0.29, 0.717) is 11.3 Å². The molecule has 0 saturated carbocycles. The Bertz CT molecular complexity index is 904. The van der Waals surface area contributed by atoms with E-state index in [1.807, 2.05) is 0 Å². The van der Waals surface area contributed by atoms with Gasteiger partial charge in [-0.3, -0.25) is 4.79 Å². The van der Waals surface area contributed by atoms with Crippen LogP contribution in [-0.2, 0) is 21.4 Å². The predicted molar refractivity (Wildman–Crippen MR) is 99.1 cm³/mol. The number of nitrogens with one attached hydrogen (secondary N) is 2. The van der Waals surface area contributed by atoms with Gasteiger partial charge >= 0.3 is 0 Å². The molecule has 140 valence electrons. The van der Waals surface area contributed by atoms with Crippen molar-refractivity contribution in [3.05, 3.63) is 58.9 Å². The molecule has 0 aliphatic rings. The molecule has 2 rings (SSSR count). The molecule has 26 heavy (non-hydrogen) atoms. The summed E-state index contributed by atoms with van der Waals surface area (Å²) < 4.78 is 38.9. The molecule has 0 atom stereocenters. The van der Waals surface area contributed by atoms with Crippen LogP contribution in [0.1, 0.15) is 5.56 Å². The summed E-state index contributed by atoms with van der Waals surface area (Å²) >= 11 is 5.68. The molecule has 0 aromatic heterocycles. The number of hydrogen-bond donors (Lipinski definition) is 2. The normalized spacial score (nSPS) is 11.4. The number of sulfonamides is 1. The third kappa shape index (κ3) is 4.94. The smallest absolute Gasteiger partial charge is 0.242 e. The number of anilines is 1. The Labute approximate surface area is 157 Å². The number of carbonyl (C=O) groups excluding carboxylic acids is 1. The lowest BCUT2D eigenvalue weighted by Crippen LogP contribution is -2.30. The Balaban J connectivity index is 1.99. The monoisotopic (exact) mass is 399 g/mol. The summed E-state index contributed by atoms with van der Waals surface area (Å²) in [5.74, 6) is -0.886. The van der Waals surface area contributed by atoms with Gasteiger partial charge in [0, 0.05) is 26.3 Å². The fourth-order valence-electron chi connectivity index (χ4n) is 2.14. The molecule has 0 saturated heterocycles. The molecule has 2 aromatic carbocycles. The lowest BCUT2D eigenvalue weighted by atomic mass is 10.2. The first-order chi connectivity index (χ1) is 12.2. The van der Waals surface area contributed by atoms with Crippen molar-refractivity contribution in [3.63, 3.8) is 0 Å². The van der Waals surface area contributed by atoms with Crippen molar-refractivity contribution >= 4 is 33.2 Å². The minimum atomic E-state index is -3.60. The van der Waals surface area contributed by atoms with Crippen molar-refractivity contribution in [3.8, 4) is 0 Å². The minimum Gasteiger partial charge on any atom is -0.376 e. The van der Waals surface area contributed by atoms with Crippen LogP contribution in [0.3, 0.4) is 0 Å². The number of amides is 1. The van der Waals surface area contributed by atoms with Gasteiger partial charge in [0.05, 0.1) is 16.5 Å². The van der Waals surface area contributed by atoms with E-state index in [4.69, 9.17) is 11.6 Å². The second-order valence-electron chi connectivity index (χ2n) is 5.65. The zero-order chi connectivity index (χ0) is 19.3. The van der Waals surface area contributed by atoms with Gasteiger partial charge in [-0.1, -0.05) is 29.8 Å². The summed E-state index contributed by atoms with van der Waals surface area (Å²) in [6, 6.07) is 10.5. The van der Waals surface area contributed by atoms with Crippen LogP contribution in [0.25, 0.3) is 0 Å². The molecular formula is C17H19ClFN3O3S. The summed E-state index contributed by atoms with van der Waals surface area (Å²) in [6.07, 6.45) is 0. The number of halogens is 2. The van der Waals surface area contributed by atoms with Crippen LogP contribution in [0.2, 0.25) is 5.02 Å². The second kappa shape index (κ2) is 8.48. The average molecular weight is 400 g/mol. The van der Waals surface area contributed by atoms with Gasteiger partial charge < -0.3 is 10.6 Å². The second-order valence-corrected chi connectivity index (χ2v) is 8.18. The van der Waals surface area contributed by atoms with Gasteiger partial charge in [0.25, 0.3) is 0 Å². The van der Waals surface area contributed by atoms with Gasteiger partial charge in [0.2, 0.25) is 15.9 Å². The first-order valence-corrected chi connectivity index (χ1v) is 9.49. The molecular weight excluding hydrogens is 381 g/mol. The van der Waals surface area contributed by atoms with Crippen LogP contribution in [0.5, 0.6) is 0 Å². The fourth-order valence-corrected chi connectivity index (χ4v) is 3.44. The highest BCUT2D eigenvalue weighted by Gasteiger charge is 2.20. The Kier molecular flexibility index (Phi) is 6.57. The van der Waals surface area contributed by atoms with E-state index in [0.717, 1.165) is 4.31 Å². The first-order valence-electron chi connectivity index (χ1n) is 7.68.